The molecule has 1 unspecified atom stereocenters. The molecule has 7 heteroatoms. The molecule has 1 aromatic heterocycles. The molecule has 25 heavy (non-hydrogen) atoms. The van der Waals surface area contributed by atoms with Crippen LogP contribution in [0.15, 0.2) is 30.3 Å². The number of piperidine rings is 1. The van der Waals surface area contributed by atoms with Gasteiger partial charge in [-0.3, -0.25) is 9.59 Å². The number of amides is 2. The number of benzene rings is 1. The molecule has 1 aliphatic rings. The van der Waals surface area contributed by atoms with Crippen LogP contribution >= 0.6 is 23.6 Å². The monoisotopic (exact) mass is 375 g/mol. The van der Waals surface area contributed by atoms with Crippen molar-refractivity contribution in [2.75, 3.05) is 6.54 Å². The number of carbonyl (C=O) groups excluding carboxylic acids is 2. The molecular weight excluding hydrogens is 354 g/mol. The van der Waals surface area contributed by atoms with Crippen LogP contribution < -0.4 is 5.32 Å². The van der Waals surface area contributed by atoms with E-state index in [1.54, 1.807) is 0 Å². The lowest BCUT2D eigenvalue weighted by Crippen LogP contribution is -2.52. The summed E-state index contributed by atoms with van der Waals surface area (Å²) in [6.45, 7) is 3.23. The van der Waals surface area contributed by atoms with Crippen molar-refractivity contribution in [1.29, 1.82) is 0 Å². The van der Waals surface area contributed by atoms with Crippen molar-refractivity contribution in [1.82, 2.24) is 15.2 Å². The van der Waals surface area contributed by atoms with Crippen LogP contribution in [0.3, 0.4) is 0 Å². The Labute approximate surface area is 156 Å². The van der Waals surface area contributed by atoms with Crippen LogP contribution in [-0.2, 0) is 22.6 Å². The van der Waals surface area contributed by atoms with Gasteiger partial charge in [0.25, 0.3) is 0 Å². The molecule has 1 fully saturated rings. The minimum atomic E-state index is -0.433. The van der Waals surface area contributed by atoms with Crippen LogP contribution in [0.5, 0.6) is 0 Å². The van der Waals surface area contributed by atoms with Crippen molar-refractivity contribution < 1.29 is 9.59 Å². The highest BCUT2D eigenvalue weighted by molar-refractivity contribution is 7.73. The predicted molar refractivity (Wildman–Crippen MR) is 101 cm³/mol. The highest BCUT2D eigenvalue weighted by atomic mass is 32.1. The molecule has 5 nitrogen and oxygen atoms in total. The number of aromatic amines is 1. The van der Waals surface area contributed by atoms with Gasteiger partial charge in [-0.1, -0.05) is 30.3 Å². The zero-order valence-electron chi connectivity index (χ0n) is 14.1. The van der Waals surface area contributed by atoms with Gasteiger partial charge in [0.05, 0.1) is 6.42 Å². The fraction of sp³-hybridized carbons (Fsp3) is 0.389. The number of aromatic nitrogens is 1. The van der Waals surface area contributed by atoms with Gasteiger partial charge in [-0.25, -0.2) is 0 Å². The molecule has 0 radical (unpaired) electrons. The average molecular weight is 376 g/mol. The van der Waals surface area contributed by atoms with E-state index in [0.29, 0.717) is 16.9 Å². The number of carbonyl (C=O) groups is 2. The number of rotatable bonds is 5. The van der Waals surface area contributed by atoms with E-state index in [1.165, 1.54) is 11.3 Å². The van der Waals surface area contributed by atoms with Crippen LogP contribution in [0.1, 0.15) is 29.0 Å². The topological polar surface area (TPSA) is 65.2 Å². The first-order valence-corrected chi connectivity index (χ1v) is 9.56. The van der Waals surface area contributed by atoms with Crippen LogP contribution in [0.4, 0.5) is 0 Å². The smallest absolute Gasteiger partial charge is 0.245 e. The Morgan fingerprint density at radius 2 is 2.16 bits per heavy atom. The fourth-order valence-corrected chi connectivity index (χ4v) is 4.32. The number of nitrogens with one attached hydrogen (secondary N) is 2. The lowest BCUT2D eigenvalue weighted by molar-refractivity contribution is -0.139. The SMILES string of the molecule is Cc1[nH]c(=S)sc1CC(=O)NC1CCCN(Cc2ccccc2)C1=O. The van der Waals surface area contributed by atoms with Crippen molar-refractivity contribution in [2.45, 2.75) is 38.8 Å². The Balaban J connectivity index is 1.60. The summed E-state index contributed by atoms with van der Waals surface area (Å²) in [4.78, 5) is 30.8. The summed E-state index contributed by atoms with van der Waals surface area (Å²) in [7, 11) is 0. The Kier molecular flexibility index (Phi) is 5.65. The van der Waals surface area contributed by atoms with Crippen molar-refractivity contribution in [3.8, 4) is 0 Å². The van der Waals surface area contributed by atoms with Gasteiger partial charge in [0.1, 0.15) is 6.04 Å². The number of hydrogen-bond acceptors (Lipinski definition) is 4. The minimum absolute atomic E-state index is 0.00174. The van der Waals surface area contributed by atoms with E-state index < -0.39 is 6.04 Å². The van der Waals surface area contributed by atoms with Crippen molar-refractivity contribution in [3.05, 3.63) is 50.4 Å². The van der Waals surface area contributed by atoms with Gasteiger partial charge in [-0.05, 0) is 37.5 Å². The lowest BCUT2D eigenvalue weighted by Gasteiger charge is -2.32. The number of aryl methyl sites for hydroxylation is 1. The summed E-state index contributed by atoms with van der Waals surface area (Å²) in [5, 5.41) is 2.90. The summed E-state index contributed by atoms with van der Waals surface area (Å²) in [6.07, 6.45) is 1.84. The van der Waals surface area contributed by atoms with Crippen LogP contribution in [0.25, 0.3) is 0 Å². The van der Waals surface area contributed by atoms with Gasteiger partial charge in [-0.15, -0.1) is 11.3 Å². The maximum absolute atomic E-state index is 12.7. The number of hydrogen-bond donors (Lipinski definition) is 2. The van der Waals surface area contributed by atoms with Gasteiger partial charge < -0.3 is 15.2 Å². The molecular formula is C18H21N3O2S2. The standard InChI is InChI=1S/C18H21N3O2S2/c1-12-15(25-18(24)19-12)10-16(22)20-14-8-5-9-21(17(14)23)11-13-6-3-2-4-7-13/h2-4,6-7,14H,5,8-11H2,1H3,(H,19,24)(H,20,22). The Morgan fingerprint density at radius 3 is 2.84 bits per heavy atom. The molecule has 0 saturated carbocycles. The third-order valence-electron chi connectivity index (χ3n) is 4.33. The second-order valence-corrected chi connectivity index (χ2v) is 8.02. The summed E-state index contributed by atoms with van der Waals surface area (Å²) >= 11 is 6.51. The summed E-state index contributed by atoms with van der Waals surface area (Å²) in [5.41, 5.74) is 2.02. The number of H-pyrrole nitrogens is 1. The zero-order chi connectivity index (χ0) is 17.8. The Bertz CT molecular complexity index is 813. The van der Waals surface area contributed by atoms with E-state index in [0.717, 1.165) is 29.1 Å². The van der Waals surface area contributed by atoms with Crippen LogP contribution in [0, 0.1) is 10.9 Å². The van der Waals surface area contributed by atoms with Gasteiger partial charge in [0.15, 0.2) is 3.95 Å². The quantitative estimate of drug-likeness (QED) is 0.790. The molecule has 2 heterocycles. The van der Waals surface area contributed by atoms with Crippen molar-refractivity contribution >= 4 is 35.4 Å². The zero-order valence-corrected chi connectivity index (χ0v) is 15.7. The summed E-state index contributed by atoms with van der Waals surface area (Å²) < 4.78 is 0.670. The number of thiazole rings is 1. The molecule has 1 saturated heterocycles. The van der Waals surface area contributed by atoms with E-state index in [1.807, 2.05) is 42.2 Å². The van der Waals surface area contributed by atoms with Gasteiger partial charge in [0, 0.05) is 23.7 Å². The maximum atomic E-state index is 12.7. The van der Waals surface area contributed by atoms with Gasteiger partial charge in [-0.2, -0.15) is 0 Å². The summed E-state index contributed by atoms with van der Waals surface area (Å²) in [5.74, 6) is -0.130. The predicted octanol–water partition coefficient (Wildman–Crippen LogP) is 2.96. The van der Waals surface area contributed by atoms with E-state index in [9.17, 15) is 9.59 Å². The largest absolute Gasteiger partial charge is 0.344 e. The first kappa shape index (κ1) is 17.8. The second-order valence-electron chi connectivity index (χ2n) is 6.25. The number of nitrogens with zero attached hydrogens (tertiary/aromatic N) is 1. The van der Waals surface area contributed by atoms with E-state index in [-0.39, 0.29) is 18.2 Å². The molecule has 1 aliphatic heterocycles. The molecule has 3 rings (SSSR count). The molecule has 0 aliphatic carbocycles. The van der Waals surface area contributed by atoms with Gasteiger partial charge >= 0.3 is 0 Å². The Hall–Kier alpha value is -1.99. The second kappa shape index (κ2) is 7.93. The fourth-order valence-electron chi connectivity index (χ4n) is 3.03. The molecule has 2 aromatic rings. The molecule has 132 valence electrons. The van der Waals surface area contributed by atoms with E-state index >= 15 is 0 Å². The normalized spacial score (nSPS) is 17.6. The molecule has 2 amide bonds. The number of likely N-dealkylation sites (tertiary alicyclic amines) is 1. The molecule has 1 atom stereocenters. The first-order chi connectivity index (χ1) is 12.0. The lowest BCUT2D eigenvalue weighted by atomic mass is 10.0. The summed E-state index contributed by atoms with van der Waals surface area (Å²) in [6, 6.07) is 9.49. The van der Waals surface area contributed by atoms with Gasteiger partial charge in [0.2, 0.25) is 11.8 Å². The van der Waals surface area contributed by atoms with Crippen molar-refractivity contribution in [2.24, 2.45) is 0 Å². The molecule has 0 bridgehead atoms. The van der Waals surface area contributed by atoms with Crippen LogP contribution in [0.2, 0.25) is 0 Å². The molecule has 2 N–H and O–H groups in total. The average Bonchev–Trinajstić information content (AvgIpc) is 2.89. The third kappa shape index (κ3) is 4.55. The Morgan fingerprint density at radius 1 is 1.40 bits per heavy atom. The first-order valence-electron chi connectivity index (χ1n) is 8.33. The van der Waals surface area contributed by atoms with E-state index in [2.05, 4.69) is 10.3 Å². The molecule has 0 spiro atoms. The third-order valence-corrected chi connectivity index (χ3v) is 5.66. The molecule has 1 aromatic carbocycles. The highest BCUT2D eigenvalue weighted by Crippen LogP contribution is 2.17. The minimum Gasteiger partial charge on any atom is -0.344 e. The highest BCUT2D eigenvalue weighted by Gasteiger charge is 2.29. The maximum Gasteiger partial charge on any atom is 0.245 e. The van der Waals surface area contributed by atoms with Crippen molar-refractivity contribution in [3.63, 3.8) is 0 Å². The van der Waals surface area contributed by atoms with Crippen LogP contribution in [-0.4, -0.2) is 34.3 Å². The van der Waals surface area contributed by atoms with E-state index in [4.69, 9.17) is 12.2 Å².